The molecule has 0 amide bonds. The fourth-order valence-corrected chi connectivity index (χ4v) is 3.39. The highest BCUT2D eigenvalue weighted by molar-refractivity contribution is 8.00. The number of thioether (sulfide) groups is 1. The first-order valence-electron chi connectivity index (χ1n) is 3.77. The Kier molecular flexibility index (Phi) is 3.38. The van der Waals surface area contributed by atoms with Crippen LogP contribution in [-0.2, 0) is 5.75 Å². The van der Waals surface area contributed by atoms with Gasteiger partial charge in [0.25, 0.3) is 0 Å². The largest absolute Gasteiger partial charge is 0.235 e. The summed E-state index contributed by atoms with van der Waals surface area (Å²) < 4.78 is 5.49. The van der Waals surface area contributed by atoms with Crippen LogP contribution in [-0.4, -0.2) is 14.6 Å². The first kappa shape index (κ1) is 10.4. The number of rotatable bonds is 3. The normalized spacial score (nSPS) is 10.7. The Morgan fingerprint density at radius 3 is 3.00 bits per heavy atom. The van der Waals surface area contributed by atoms with Crippen molar-refractivity contribution in [2.24, 2.45) is 0 Å². The highest BCUT2D eigenvalue weighted by Gasteiger charge is 2.07. The lowest BCUT2D eigenvalue weighted by atomic mass is 10.6. The van der Waals surface area contributed by atoms with Crippen molar-refractivity contribution in [3.05, 3.63) is 21.1 Å². The standard InChI is InChI=1S/C7H6ClN3S3/c1-4-2-12-7(9-4)13-3-5-6(8)14-11-10-5/h2H,3H2,1H3. The molecule has 14 heavy (non-hydrogen) atoms. The fourth-order valence-electron chi connectivity index (χ4n) is 0.812. The van der Waals surface area contributed by atoms with Gasteiger partial charge in [-0.25, -0.2) is 4.98 Å². The van der Waals surface area contributed by atoms with Crippen molar-refractivity contribution in [3.8, 4) is 0 Å². The lowest BCUT2D eigenvalue weighted by molar-refractivity contribution is 1.07. The van der Waals surface area contributed by atoms with Gasteiger partial charge in [-0.1, -0.05) is 27.9 Å². The van der Waals surface area contributed by atoms with E-state index in [9.17, 15) is 0 Å². The Hall–Kier alpha value is -0.170. The summed E-state index contributed by atoms with van der Waals surface area (Å²) in [5.74, 6) is 0.738. The van der Waals surface area contributed by atoms with Gasteiger partial charge in [-0.3, -0.25) is 0 Å². The van der Waals surface area contributed by atoms with Gasteiger partial charge < -0.3 is 0 Å². The number of thiazole rings is 1. The smallest absolute Gasteiger partial charge is 0.150 e. The summed E-state index contributed by atoms with van der Waals surface area (Å²) in [5, 5.41) is 5.96. The molecule has 0 fully saturated rings. The topological polar surface area (TPSA) is 38.7 Å². The third-order valence-corrected chi connectivity index (χ3v) is 4.57. The van der Waals surface area contributed by atoms with Crippen molar-refractivity contribution in [1.29, 1.82) is 0 Å². The van der Waals surface area contributed by atoms with Gasteiger partial charge in [-0.2, -0.15) is 0 Å². The molecule has 0 saturated carbocycles. The summed E-state index contributed by atoms with van der Waals surface area (Å²) in [6.07, 6.45) is 0. The average Bonchev–Trinajstić information content (AvgIpc) is 2.72. The molecule has 0 saturated heterocycles. The number of aryl methyl sites for hydroxylation is 1. The molecule has 0 aliphatic heterocycles. The fraction of sp³-hybridized carbons (Fsp3) is 0.286. The highest BCUT2D eigenvalue weighted by atomic mass is 35.5. The van der Waals surface area contributed by atoms with E-state index in [0.29, 0.717) is 4.34 Å². The molecule has 2 aromatic rings. The summed E-state index contributed by atoms with van der Waals surface area (Å²) in [4.78, 5) is 4.33. The Labute approximate surface area is 98.7 Å². The number of halogens is 1. The number of hydrogen-bond donors (Lipinski definition) is 0. The zero-order chi connectivity index (χ0) is 9.97. The van der Waals surface area contributed by atoms with E-state index < -0.39 is 0 Å². The van der Waals surface area contributed by atoms with Crippen LogP contribution in [0.25, 0.3) is 0 Å². The third kappa shape index (κ3) is 2.44. The molecule has 0 radical (unpaired) electrons. The molecule has 0 aliphatic carbocycles. The lowest BCUT2D eigenvalue weighted by Gasteiger charge is -1.92. The SMILES string of the molecule is Cc1csc(SCc2nnsc2Cl)n1. The molecule has 3 nitrogen and oxygen atoms in total. The maximum Gasteiger partial charge on any atom is 0.150 e. The van der Waals surface area contributed by atoms with Crippen molar-refractivity contribution in [3.63, 3.8) is 0 Å². The first-order valence-corrected chi connectivity index (χ1v) is 6.79. The molecule has 0 unspecified atom stereocenters. The molecule has 0 spiro atoms. The van der Waals surface area contributed by atoms with Gasteiger partial charge in [0.15, 0.2) is 0 Å². The van der Waals surface area contributed by atoms with Crippen molar-refractivity contribution < 1.29 is 0 Å². The van der Waals surface area contributed by atoms with Gasteiger partial charge in [0.05, 0.1) is 0 Å². The van der Waals surface area contributed by atoms with Gasteiger partial charge in [-0.15, -0.1) is 16.4 Å². The second-order valence-electron chi connectivity index (χ2n) is 2.54. The monoisotopic (exact) mass is 263 g/mol. The number of aromatic nitrogens is 3. The molecule has 2 aromatic heterocycles. The average molecular weight is 264 g/mol. The minimum Gasteiger partial charge on any atom is -0.235 e. The molecule has 2 heterocycles. The highest BCUT2D eigenvalue weighted by Crippen LogP contribution is 2.28. The maximum absolute atomic E-state index is 5.87. The van der Waals surface area contributed by atoms with Crippen molar-refractivity contribution in [2.75, 3.05) is 0 Å². The van der Waals surface area contributed by atoms with Gasteiger partial charge in [0.1, 0.15) is 14.4 Å². The molecule has 0 N–H and O–H groups in total. The van der Waals surface area contributed by atoms with Gasteiger partial charge in [0.2, 0.25) is 0 Å². The van der Waals surface area contributed by atoms with Crippen LogP contribution in [0.4, 0.5) is 0 Å². The van der Waals surface area contributed by atoms with Crippen LogP contribution in [0.15, 0.2) is 9.72 Å². The van der Waals surface area contributed by atoms with Crippen LogP contribution >= 0.6 is 46.2 Å². The van der Waals surface area contributed by atoms with Crippen molar-refractivity contribution in [1.82, 2.24) is 14.6 Å². The van der Waals surface area contributed by atoms with Crippen LogP contribution in [0.1, 0.15) is 11.4 Å². The van der Waals surface area contributed by atoms with Crippen LogP contribution in [0, 0.1) is 6.92 Å². The summed E-state index contributed by atoms with van der Waals surface area (Å²) in [6, 6.07) is 0. The second-order valence-corrected chi connectivity index (χ2v) is 5.97. The molecule has 7 heteroatoms. The van der Waals surface area contributed by atoms with Crippen LogP contribution < -0.4 is 0 Å². The second kappa shape index (κ2) is 4.57. The van der Waals surface area contributed by atoms with Gasteiger partial charge in [-0.05, 0) is 6.92 Å². The maximum atomic E-state index is 5.87. The van der Waals surface area contributed by atoms with E-state index in [2.05, 4.69) is 14.6 Å². The molecular weight excluding hydrogens is 258 g/mol. The Bertz CT molecular complexity index is 425. The van der Waals surface area contributed by atoms with E-state index in [-0.39, 0.29) is 0 Å². The van der Waals surface area contributed by atoms with Gasteiger partial charge in [0, 0.05) is 28.4 Å². The molecule has 0 bridgehead atoms. The van der Waals surface area contributed by atoms with E-state index in [1.165, 1.54) is 11.5 Å². The van der Waals surface area contributed by atoms with Crippen LogP contribution in [0.3, 0.4) is 0 Å². The lowest BCUT2D eigenvalue weighted by Crippen LogP contribution is -1.81. The summed E-state index contributed by atoms with van der Waals surface area (Å²) in [5.41, 5.74) is 1.90. The zero-order valence-corrected chi connectivity index (χ0v) is 10.4. The molecule has 2 rings (SSSR count). The van der Waals surface area contributed by atoms with Gasteiger partial charge >= 0.3 is 0 Å². The summed E-state index contributed by atoms with van der Waals surface area (Å²) in [6.45, 7) is 1.98. The Morgan fingerprint density at radius 2 is 2.43 bits per heavy atom. The van der Waals surface area contributed by atoms with E-state index in [0.717, 1.165) is 21.5 Å². The molecule has 74 valence electrons. The van der Waals surface area contributed by atoms with E-state index >= 15 is 0 Å². The van der Waals surface area contributed by atoms with E-state index in [1.54, 1.807) is 23.1 Å². The van der Waals surface area contributed by atoms with E-state index in [1.807, 2.05) is 12.3 Å². The Morgan fingerprint density at radius 1 is 1.57 bits per heavy atom. The van der Waals surface area contributed by atoms with Crippen molar-refractivity contribution in [2.45, 2.75) is 17.0 Å². The summed E-state index contributed by atoms with van der Waals surface area (Å²) in [7, 11) is 0. The van der Waals surface area contributed by atoms with Crippen LogP contribution in [0.5, 0.6) is 0 Å². The predicted molar refractivity (Wildman–Crippen MR) is 61.3 cm³/mol. The third-order valence-electron chi connectivity index (χ3n) is 1.44. The molecule has 0 aromatic carbocycles. The minimum atomic E-state index is 0.672. The van der Waals surface area contributed by atoms with E-state index in [4.69, 9.17) is 11.6 Å². The van der Waals surface area contributed by atoms with Crippen LogP contribution in [0.2, 0.25) is 4.34 Å². The number of nitrogens with zero attached hydrogens (tertiary/aromatic N) is 3. The first-order chi connectivity index (χ1) is 6.75. The minimum absolute atomic E-state index is 0.672. The molecule has 0 atom stereocenters. The zero-order valence-electron chi connectivity index (χ0n) is 7.23. The Balaban J connectivity index is 1.98. The summed E-state index contributed by atoms with van der Waals surface area (Å²) >= 11 is 10.4. The molecular formula is C7H6ClN3S3. The number of hydrogen-bond acceptors (Lipinski definition) is 6. The van der Waals surface area contributed by atoms with Crippen molar-refractivity contribution >= 4 is 46.2 Å². The quantitative estimate of drug-likeness (QED) is 0.797. The predicted octanol–water partition coefficient (Wildman–Crippen LogP) is 3.25. The molecule has 0 aliphatic rings.